The first-order valence-corrected chi connectivity index (χ1v) is 7.01. The third kappa shape index (κ3) is 2.67. The number of fused-ring (bicyclic) bond motifs is 1. The predicted molar refractivity (Wildman–Crippen MR) is 83.3 cm³/mol. The van der Waals surface area contributed by atoms with Gasteiger partial charge in [0.15, 0.2) is 0 Å². The van der Waals surface area contributed by atoms with E-state index in [1.165, 1.54) is 11.6 Å². The summed E-state index contributed by atoms with van der Waals surface area (Å²) in [5.41, 5.74) is 10.3. The zero-order valence-electron chi connectivity index (χ0n) is 11.7. The molecule has 21 heavy (non-hydrogen) atoms. The highest BCUT2D eigenvalue weighted by molar-refractivity contribution is 5.66. The van der Waals surface area contributed by atoms with Gasteiger partial charge in [-0.3, -0.25) is 10.1 Å². The Hall–Kier alpha value is -2.56. The van der Waals surface area contributed by atoms with Crippen molar-refractivity contribution in [1.29, 1.82) is 0 Å². The van der Waals surface area contributed by atoms with Crippen LogP contribution in [0.15, 0.2) is 42.5 Å². The second kappa shape index (κ2) is 5.44. The Kier molecular flexibility index (Phi) is 3.48. The average molecular weight is 283 g/mol. The first kappa shape index (κ1) is 13.4. The summed E-state index contributed by atoms with van der Waals surface area (Å²) in [5.74, 6) is 0. The van der Waals surface area contributed by atoms with Crippen LogP contribution in [0.25, 0.3) is 0 Å². The number of non-ortho nitro benzene ring substituents is 1. The maximum Gasteiger partial charge on any atom is 0.269 e. The third-order valence-corrected chi connectivity index (χ3v) is 3.88. The quantitative estimate of drug-likeness (QED) is 0.533. The largest absolute Gasteiger partial charge is 0.398 e. The smallest absolute Gasteiger partial charge is 0.269 e. The molecule has 1 heterocycles. The van der Waals surface area contributed by atoms with Gasteiger partial charge in [-0.25, -0.2) is 0 Å². The normalized spacial score (nSPS) is 13.8. The number of benzene rings is 2. The summed E-state index contributed by atoms with van der Waals surface area (Å²) in [4.78, 5) is 12.8. The molecule has 1 aliphatic heterocycles. The van der Waals surface area contributed by atoms with Crippen molar-refractivity contribution < 1.29 is 4.92 Å². The van der Waals surface area contributed by atoms with Gasteiger partial charge < -0.3 is 10.6 Å². The lowest BCUT2D eigenvalue weighted by molar-refractivity contribution is -0.384. The van der Waals surface area contributed by atoms with Crippen LogP contribution in [0.1, 0.15) is 17.5 Å². The Balaban J connectivity index is 1.89. The molecule has 0 radical (unpaired) electrons. The standard InChI is InChI=1S/C16H17N3O2/c17-15-7-2-8-16-14(15)6-3-9-18(16)11-12-4-1-5-13(10-12)19(20)21/h1-2,4-5,7-8,10H,3,6,9,11,17H2. The number of rotatable bonds is 3. The van der Waals surface area contributed by atoms with E-state index in [0.717, 1.165) is 36.3 Å². The molecule has 5 heteroatoms. The van der Waals surface area contributed by atoms with Crippen molar-refractivity contribution in [2.75, 3.05) is 17.2 Å². The van der Waals surface area contributed by atoms with E-state index >= 15 is 0 Å². The highest BCUT2D eigenvalue weighted by Gasteiger charge is 2.19. The van der Waals surface area contributed by atoms with Crippen LogP contribution in [0, 0.1) is 10.1 Å². The number of anilines is 2. The van der Waals surface area contributed by atoms with Crippen molar-refractivity contribution >= 4 is 17.1 Å². The minimum Gasteiger partial charge on any atom is -0.398 e. The fourth-order valence-corrected chi connectivity index (χ4v) is 2.88. The van der Waals surface area contributed by atoms with Crippen molar-refractivity contribution in [3.8, 4) is 0 Å². The first-order chi connectivity index (χ1) is 10.1. The van der Waals surface area contributed by atoms with Gasteiger partial charge in [-0.05, 0) is 36.1 Å². The van der Waals surface area contributed by atoms with Crippen molar-refractivity contribution in [2.24, 2.45) is 0 Å². The van der Waals surface area contributed by atoms with E-state index in [1.807, 2.05) is 18.2 Å². The van der Waals surface area contributed by atoms with E-state index in [-0.39, 0.29) is 10.6 Å². The molecule has 0 aliphatic carbocycles. The number of nitrogens with zero attached hydrogens (tertiary/aromatic N) is 2. The molecule has 2 aromatic carbocycles. The summed E-state index contributed by atoms with van der Waals surface area (Å²) < 4.78 is 0. The van der Waals surface area contributed by atoms with E-state index in [9.17, 15) is 10.1 Å². The summed E-state index contributed by atoms with van der Waals surface area (Å²) in [6.07, 6.45) is 2.05. The molecule has 2 N–H and O–H groups in total. The van der Waals surface area contributed by atoms with Gasteiger partial charge in [0, 0.05) is 36.6 Å². The van der Waals surface area contributed by atoms with E-state index in [0.29, 0.717) is 6.54 Å². The van der Waals surface area contributed by atoms with Gasteiger partial charge in [0.1, 0.15) is 0 Å². The zero-order valence-corrected chi connectivity index (χ0v) is 11.7. The number of nitrogen functional groups attached to an aromatic ring is 1. The van der Waals surface area contributed by atoms with Crippen LogP contribution >= 0.6 is 0 Å². The average Bonchev–Trinajstić information content (AvgIpc) is 2.49. The van der Waals surface area contributed by atoms with Gasteiger partial charge in [-0.2, -0.15) is 0 Å². The first-order valence-electron chi connectivity index (χ1n) is 7.01. The SMILES string of the molecule is Nc1cccc2c1CCCN2Cc1cccc([N+](=O)[O-])c1. The van der Waals surface area contributed by atoms with Gasteiger partial charge in [-0.15, -0.1) is 0 Å². The number of nitrogens with two attached hydrogens (primary N) is 1. The number of nitro groups is 1. The molecule has 0 fully saturated rings. The molecule has 0 unspecified atom stereocenters. The maximum absolute atomic E-state index is 10.9. The van der Waals surface area contributed by atoms with E-state index in [4.69, 9.17) is 5.73 Å². The van der Waals surface area contributed by atoms with Crippen LogP contribution in [0.5, 0.6) is 0 Å². The molecule has 0 spiro atoms. The summed E-state index contributed by atoms with van der Waals surface area (Å²) >= 11 is 0. The summed E-state index contributed by atoms with van der Waals surface area (Å²) in [7, 11) is 0. The van der Waals surface area contributed by atoms with Gasteiger partial charge in [0.05, 0.1) is 4.92 Å². The van der Waals surface area contributed by atoms with E-state index in [1.54, 1.807) is 12.1 Å². The third-order valence-electron chi connectivity index (χ3n) is 3.88. The second-order valence-electron chi connectivity index (χ2n) is 5.30. The summed E-state index contributed by atoms with van der Waals surface area (Å²) in [6.45, 7) is 1.61. The van der Waals surface area contributed by atoms with Crippen molar-refractivity contribution in [3.05, 3.63) is 63.7 Å². The van der Waals surface area contributed by atoms with Gasteiger partial charge in [0.2, 0.25) is 0 Å². The minimum atomic E-state index is -0.356. The van der Waals surface area contributed by atoms with Crippen LogP contribution in [0.3, 0.4) is 0 Å². The molecule has 3 rings (SSSR count). The Labute approximate surface area is 123 Å². The minimum absolute atomic E-state index is 0.136. The van der Waals surface area contributed by atoms with Crippen molar-refractivity contribution in [2.45, 2.75) is 19.4 Å². The van der Waals surface area contributed by atoms with E-state index < -0.39 is 0 Å². The fourth-order valence-electron chi connectivity index (χ4n) is 2.88. The predicted octanol–water partition coefficient (Wildman–Crippen LogP) is 3.13. The van der Waals surface area contributed by atoms with Gasteiger partial charge in [0.25, 0.3) is 5.69 Å². The molecule has 0 bridgehead atoms. The zero-order chi connectivity index (χ0) is 14.8. The van der Waals surface area contributed by atoms with Crippen molar-refractivity contribution in [1.82, 2.24) is 0 Å². The Morgan fingerprint density at radius 3 is 2.86 bits per heavy atom. The van der Waals surface area contributed by atoms with Gasteiger partial charge in [-0.1, -0.05) is 18.2 Å². The topological polar surface area (TPSA) is 72.4 Å². The second-order valence-corrected chi connectivity index (χ2v) is 5.30. The molecule has 0 amide bonds. The maximum atomic E-state index is 10.9. The Morgan fingerprint density at radius 1 is 1.24 bits per heavy atom. The summed E-state index contributed by atoms with van der Waals surface area (Å²) in [6, 6.07) is 12.8. The highest BCUT2D eigenvalue weighted by Crippen LogP contribution is 2.32. The molecule has 0 atom stereocenters. The monoisotopic (exact) mass is 283 g/mol. The summed E-state index contributed by atoms with van der Waals surface area (Å²) in [5, 5.41) is 10.9. The molecule has 0 saturated carbocycles. The molecule has 5 nitrogen and oxygen atoms in total. The molecule has 0 aromatic heterocycles. The highest BCUT2D eigenvalue weighted by atomic mass is 16.6. The molecule has 2 aromatic rings. The van der Waals surface area contributed by atoms with Crippen LogP contribution in [-0.4, -0.2) is 11.5 Å². The number of hydrogen-bond donors (Lipinski definition) is 1. The molecular formula is C16H17N3O2. The Bertz CT molecular complexity index is 685. The van der Waals surface area contributed by atoms with Crippen LogP contribution in [0.4, 0.5) is 17.1 Å². The van der Waals surface area contributed by atoms with E-state index in [2.05, 4.69) is 11.0 Å². The lowest BCUT2D eigenvalue weighted by Crippen LogP contribution is -2.29. The number of hydrogen-bond acceptors (Lipinski definition) is 4. The number of nitro benzene ring substituents is 1. The van der Waals surface area contributed by atoms with Crippen LogP contribution in [-0.2, 0) is 13.0 Å². The molecular weight excluding hydrogens is 266 g/mol. The van der Waals surface area contributed by atoms with Crippen LogP contribution in [0.2, 0.25) is 0 Å². The lowest BCUT2D eigenvalue weighted by atomic mass is 9.99. The van der Waals surface area contributed by atoms with Gasteiger partial charge >= 0.3 is 0 Å². The fraction of sp³-hybridized carbons (Fsp3) is 0.250. The molecule has 0 saturated heterocycles. The van der Waals surface area contributed by atoms with Crippen molar-refractivity contribution in [3.63, 3.8) is 0 Å². The van der Waals surface area contributed by atoms with Crippen LogP contribution < -0.4 is 10.6 Å². The lowest BCUT2D eigenvalue weighted by Gasteiger charge is -2.32. The Morgan fingerprint density at radius 2 is 2.05 bits per heavy atom. The molecule has 108 valence electrons. The molecule has 1 aliphatic rings.